The summed E-state index contributed by atoms with van der Waals surface area (Å²) in [7, 11) is 3.36. The van der Waals surface area contributed by atoms with Crippen LogP contribution in [-0.2, 0) is 6.54 Å². The van der Waals surface area contributed by atoms with Gasteiger partial charge in [0.25, 0.3) is 0 Å². The minimum absolute atomic E-state index is 0. The van der Waals surface area contributed by atoms with Crippen molar-refractivity contribution >= 4 is 12.4 Å². The summed E-state index contributed by atoms with van der Waals surface area (Å²) in [5.74, 6) is 1.61. The second kappa shape index (κ2) is 7.75. The third kappa shape index (κ3) is 3.80. The van der Waals surface area contributed by atoms with Gasteiger partial charge >= 0.3 is 0 Å². The molecule has 1 aliphatic heterocycles. The van der Waals surface area contributed by atoms with Crippen LogP contribution in [0.25, 0.3) is 0 Å². The van der Waals surface area contributed by atoms with E-state index in [4.69, 9.17) is 9.47 Å². The molecular weight excluding hydrogens is 274 g/mol. The van der Waals surface area contributed by atoms with Crippen molar-refractivity contribution in [3.8, 4) is 11.5 Å². The number of nitrogens with zero attached hydrogens (tertiary/aromatic N) is 1. The van der Waals surface area contributed by atoms with Crippen molar-refractivity contribution in [2.45, 2.75) is 51.7 Å². The number of benzene rings is 1. The second-order valence-electron chi connectivity index (χ2n) is 5.49. The molecule has 0 amide bonds. The Hall–Kier alpha value is -0.930. The summed E-state index contributed by atoms with van der Waals surface area (Å²) in [6, 6.07) is 7.55. The Kier molecular flexibility index (Phi) is 6.63. The molecule has 1 saturated heterocycles. The average molecular weight is 300 g/mol. The second-order valence-corrected chi connectivity index (χ2v) is 5.49. The predicted octanol–water partition coefficient (Wildman–Crippen LogP) is 3.89. The van der Waals surface area contributed by atoms with E-state index in [0.29, 0.717) is 12.1 Å². The quantitative estimate of drug-likeness (QED) is 0.842. The first-order valence-electron chi connectivity index (χ1n) is 7.12. The van der Waals surface area contributed by atoms with Gasteiger partial charge in [-0.3, -0.25) is 4.90 Å². The Morgan fingerprint density at radius 1 is 1.05 bits per heavy atom. The molecule has 0 saturated carbocycles. The lowest BCUT2D eigenvalue weighted by atomic mass is 9.96. The van der Waals surface area contributed by atoms with Gasteiger partial charge in [-0.15, -0.1) is 12.4 Å². The normalized spacial score (nSPS) is 23.0. The maximum Gasteiger partial charge on any atom is 0.161 e. The Morgan fingerprint density at radius 2 is 1.65 bits per heavy atom. The lowest BCUT2D eigenvalue weighted by molar-refractivity contribution is 0.0952. The molecule has 0 aliphatic carbocycles. The van der Waals surface area contributed by atoms with Crippen LogP contribution in [0.4, 0.5) is 0 Å². The van der Waals surface area contributed by atoms with E-state index in [1.54, 1.807) is 14.2 Å². The monoisotopic (exact) mass is 299 g/mol. The first kappa shape index (κ1) is 17.1. The summed E-state index contributed by atoms with van der Waals surface area (Å²) in [4.78, 5) is 2.59. The molecule has 1 aromatic carbocycles. The minimum atomic E-state index is 0. The van der Waals surface area contributed by atoms with Gasteiger partial charge in [0.1, 0.15) is 0 Å². The molecule has 1 heterocycles. The van der Waals surface area contributed by atoms with Gasteiger partial charge in [-0.05, 0) is 44.4 Å². The summed E-state index contributed by atoms with van der Waals surface area (Å²) in [6.45, 7) is 5.65. The summed E-state index contributed by atoms with van der Waals surface area (Å²) in [6.07, 6.45) is 3.96. The van der Waals surface area contributed by atoms with E-state index in [-0.39, 0.29) is 12.4 Å². The summed E-state index contributed by atoms with van der Waals surface area (Å²) in [5, 5.41) is 0. The van der Waals surface area contributed by atoms with Gasteiger partial charge in [-0.1, -0.05) is 12.5 Å². The first-order chi connectivity index (χ1) is 9.15. The van der Waals surface area contributed by atoms with E-state index in [9.17, 15) is 0 Å². The predicted molar refractivity (Wildman–Crippen MR) is 85.1 cm³/mol. The first-order valence-corrected chi connectivity index (χ1v) is 7.12. The Bertz CT molecular complexity index is 415. The van der Waals surface area contributed by atoms with Gasteiger partial charge < -0.3 is 9.47 Å². The maximum atomic E-state index is 5.38. The van der Waals surface area contributed by atoms with E-state index in [1.165, 1.54) is 24.8 Å². The number of piperidine rings is 1. The summed E-state index contributed by atoms with van der Waals surface area (Å²) >= 11 is 0. The lowest BCUT2D eigenvalue weighted by Crippen LogP contribution is -2.42. The molecule has 0 bridgehead atoms. The van der Waals surface area contributed by atoms with Crippen molar-refractivity contribution in [3.05, 3.63) is 23.8 Å². The third-order valence-corrected chi connectivity index (χ3v) is 4.19. The summed E-state index contributed by atoms with van der Waals surface area (Å²) < 4.78 is 10.7. The highest BCUT2D eigenvalue weighted by Crippen LogP contribution is 2.30. The molecule has 2 atom stereocenters. The van der Waals surface area contributed by atoms with E-state index in [0.717, 1.165) is 18.0 Å². The SMILES string of the molecule is COc1ccc(CN2C(C)CCCC2C)cc1OC.Cl. The van der Waals surface area contributed by atoms with Crippen LogP contribution >= 0.6 is 12.4 Å². The van der Waals surface area contributed by atoms with Crippen LogP contribution in [0.2, 0.25) is 0 Å². The Balaban J connectivity index is 0.00000200. The largest absolute Gasteiger partial charge is 0.493 e. The van der Waals surface area contributed by atoms with Gasteiger partial charge in [0.2, 0.25) is 0 Å². The van der Waals surface area contributed by atoms with Crippen LogP contribution in [0.5, 0.6) is 11.5 Å². The number of hydrogen-bond donors (Lipinski definition) is 0. The van der Waals surface area contributed by atoms with Crippen molar-refractivity contribution in [1.29, 1.82) is 0 Å². The third-order valence-electron chi connectivity index (χ3n) is 4.19. The van der Waals surface area contributed by atoms with Crippen molar-refractivity contribution in [2.75, 3.05) is 14.2 Å². The number of halogens is 1. The molecule has 3 nitrogen and oxygen atoms in total. The van der Waals surface area contributed by atoms with E-state index in [1.807, 2.05) is 6.07 Å². The van der Waals surface area contributed by atoms with Crippen LogP contribution in [0.1, 0.15) is 38.7 Å². The number of methoxy groups -OCH3 is 2. The Labute approximate surface area is 128 Å². The zero-order chi connectivity index (χ0) is 13.8. The van der Waals surface area contributed by atoms with Crippen molar-refractivity contribution in [1.82, 2.24) is 4.90 Å². The van der Waals surface area contributed by atoms with Crippen molar-refractivity contribution in [3.63, 3.8) is 0 Å². The number of likely N-dealkylation sites (tertiary alicyclic amines) is 1. The number of rotatable bonds is 4. The maximum absolute atomic E-state index is 5.38. The molecule has 20 heavy (non-hydrogen) atoms. The standard InChI is InChI=1S/C16H25NO2.ClH/c1-12-6-5-7-13(2)17(12)11-14-8-9-15(18-3)16(10-14)19-4;/h8-10,12-13H,5-7,11H2,1-4H3;1H. The van der Waals surface area contributed by atoms with Gasteiger partial charge in [-0.2, -0.15) is 0 Å². The highest BCUT2D eigenvalue weighted by atomic mass is 35.5. The molecule has 0 N–H and O–H groups in total. The van der Waals surface area contributed by atoms with Gasteiger partial charge in [-0.25, -0.2) is 0 Å². The zero-order valence-corrected chi connectivity index (χ0v) is 13.7. The fourth-order valence-electron chi connectivity index (χ4n) is 2.98. The van der Waals surface area contributed by atoms with Crippen LogP contribution in [-0.4, -0.2) is 31.2 Å². The van der Waals surface area contributed by atoms with Crippen LogP contribution < -0.4 is 9.47 Å². The van der Waals surface area contributed by atoms with Crippen LogP contribution in [0, 0.1) is 0 Å². The van der Waals surface area contributed by atoms with Crippen LogP contribution in [0.3, 0.4) is 0 Å². The molecule has 2 unspecified atom stereocenters. The highest BCUT2D eigenvalue weighted by molar-refractivity contribution is 5.85. The van der Waals surface area contributed by atoms with Crippen LogP contribution in [0.15, 0.2) is 18.2 Å². The number of ether oxygens (including phenoxy) is 2. The molecule has 2 rings (SSSR count). The highest BCUT2D eigenvalue weighted by Gasteiger charge is 2.24. The summed E-state index contributed by atoms with van der Waals surface area (Å²) in [5.41, 5.74) is 1.29. The molecule has 0 radical (unpaired) electrons. The average Bonchev–Trinajstić information content (AvgIpc) is 2.42. The molecule has 4 heteroatoms. The molecule has 1 aliphatic rings. The minimum Gasteiger partial charge on any atom is -0.493 e. The molecule has 1 fully saturated rings. The van der Waals surface area contributed by atoms with E-state index >= 15 is 0 Å². The molecule has 0 aromatic heterocycles. The van der Waals surface area contributed by atoms with Gasteiger partial charge in [0.15, 0.2) is 11.5 Å². The topological polar surface area (TPSA) is 21.7 Å². The molecule has 1 aromatic rings. The lowest BCUT2D eigenvalue weighted by Gasteiger charge is -2.39. The molecule has 0 spiro atoms. The van der Waals surface area contributed by atoms with E-state index in [2.05, 4.69) is 30.9 Å². The number of hydrogen-bond acceptors (Lipinski definition) is 3. The van der Waals surface area contributed by atoms with Gasteiger partial charge in [0, 0.05) is 18.6 Å². The van der Waals surface area contributed by atoms with Crippen molar-refractivity contribution in [2.24, 2.45) is 0 Å². The van der Waals surface area contributed by atoms with Crippen molar-refractivity contribution < 1.29 is 9.47 Å². The molecular formula is C16H26ClNO2. The molecule has 114 valence electrons. The smallest absolute Gasteiger partial charge is 0.161 e. The fourth-order valence-corrected chi connectivity index (χ4v) is 2.98. The van der Waals surface area contributed by atoms with Gasteiger partial charge in [0.05, 0.1) is 14.2 Å². The fraction of sp³-hybridized carbons (Fsp3) is 0.625. The zero-order valence-electron chi connectivity index (χ0n) is 12.9. The van der Waals surface area contributed by atoms with E-state index < -0.39 is 0 Å². The Morgan fingerprint density at radius 3 is 2.20 bits per heavy atom.